The van der Waals surface area contributed by atoms with Gasteiger partial charge in [0.2, 0.25) is 0 Å². The predicted molar refractivity (Wildman–Crippen MR) is 78.9 cm³/mol. The van der Waals surface area contributed by atoms with Crippen LogP contribution in [0.25, 0.3) is 0 Å². The summed E-state index contributed by atoms with van der Waals surface area (Å²) < 4.78 is 0. The summed E-state index contributed by atoms with van der Waals surface area (Å²) in [5.41, 5.74) is 8.18. The van der Waals surface area contributed by atoms with E-state index in [9.17, 15) is 0 Å². The molecule has 0 bridgehead atoms. The third-order valence-corrected chi connectivity index (χ3v) is 2.99. The van der Waals surface area contributed by atoms with Gasteiger partial charge in [-0.25, -0.2) is 0 Å². The molecule has 0 aliphatic heterocycles. The van der Waals surface area contributed by atoms with E-state index in [0.29, 0.717) is 0 Å². The highest BCUT2D eigenvalue weighted by Gasteiger charge is 1.93. The van der Waals surface area contributed by atoms with E-state index in [1.807, 2.05) is 0 Å². The number of rotatable bonds is 10. The molecule has 0 spiro atoms. The molecule has 0 aromatic heterocycles. The molecule has 0 unspecified atom stereocenters. The van der Waals surface area contributed by atoms with Gasteiger partial charge in [-0.3, -0.25) is 0 Å². The smallest absolute Gasteiger partial charge is 0.00772 e. The first-order valence-electron chi connectivity index (χ1n) is 7.00. The van der Waals surface area contributed by atoms with Crippen molar-refractivity contribution in [1.82, 2.24) is 10.6 Å². The van der Waals surface area contributed by atoms with E-state index in [-0.39, 0.29) is 0 Å². The lowest BCUT2D eigenvalue weighted by Gasteiger charge is -2.06. The summed E-state index contributed by atoms with van der Waals surface area (Å²) >= 11 is 0. The number of hydrogen-bond donors (Lipinski definition) is 3. The van der Waals surface area contributed by atoms with Gasteiger partial charge in [0, 0.05) is 26.2 Å². The molecule has 0 aliphatic rings. The summed E-state index contributed by atoms with van der Waals surface area (Å²) in [5.74, 6) is 0. The van der Waals surface area contributed by atoms with Gasteiger partial charge in [0.15, 0.2) is 0 Å². The molecule has 0 radical (unpaired) electrons. The van der Waals surface area contributed by atoms with Gasteiger partial charge in [-0.1, -0.05) is 29.8 Å². The van der Waals surface area contributed by atoms with Crippen LogP contribution in [0.2, 0.25) is 0 Å². The molecule has 0 amide bonds. The SMILES string of the molecule is Cc1ccc(CCCCNCCNCCN)cc1. The van der Waals surface area contributed by atoms with E-state index >= 15 is 0 Å². The van der Waals surface area contributed by atoms with Crippen LogP contribution >= 0.6 is 0 Å². The van der Waals surface area contributed by atoms with Gasteiger partial charge in [-0.05, 0) is 38.3 Å². The first-order valence-corrected chi connectivity index (χ1v) is 7.00. The van der Waals surface area contributed by atoms with Crippen molar-refractivity contribution in [2.75, 3.05) is 32.7 Å². The Morgan fingerprint density at radius 2 is 1.56 bits per heavy atom. The van der Waals surface area contributed by atoms with Gasteiger partial charge >= 0.3 is 0 Å². The zero-order chi connectivity index (χ0) is 13.1. The highest BCUT2D eigenvalue weighted by atomic mass is 14.9. The largest absolute Gasteiger partial charge is 0.329 e. The Hall–Kier alpha value is -0.900. The minimum Gasteiger partial charge on any atom is -0.329 e. The van der Waals surface area contributed by atoms with Crippen LogP contribution in [0.4, 0.5) is 0 Å². The maximum absolute atomic E-state index is 5.39. The maximum Gasteiger partial charge on any atom is 0.00772 e. The summed E-state index contributed by atoms with van der Waals surface area (Å²) in [5, 5.41) is 6.71. The van der Waals surface area contributed by atoms with E-state index in [0.717, 1.165) is 32.7 Å². The Morgan fingerprint density at radius 3 is 2.22 bits per heavy atom. The van der Waals surface area contributed by atoms with Crippen molar-refractivity contribution >= 4 is 0 Å². The van der Waals surface area contributed by atoms with Gasteiger partial charge in [0.1, 0.15) is 0 Å². The Kier molecular flexibility index (Phi) is 8.47. The Labute approximate surface area is 111 Å². The highest BCUT2D eigenvalue weighted by molar-refractivity contribution is 5.21. The summed E-state index contributed by atoms with van der Waals surface area (Å²) in [4.78, 5) is 0. The molecule has 0 heterocycles. The molecule has 0 saturated carbocycles. The molecule has 1 aromatic rings. The molecule has 3 heteroatoms. The van der Waals surface area contributed by atoms with Crippen molar-refractivity contribution in [1.29, 1.82) is 0 Å². The van der Waals surface area contributed by atoms with E-state index < -0.39 is 0 Å². The van der Waals surface area contributed by atoms with Crippen molar-refractivity contribution in [3.8, 4) is 0 Å². The van der Waals surface area contributed by atoms with E-state index in [4.69, 9.17) is 5.73 Å². The second-order valence-corrected chi connectivity index (χ2v) is 4.73. The Bertz CT molecular complexity index is 295. The fourth-order valence-electron chi connectivity index (χ4n) is 1.86. The molecule has 0 fully saturated rings. The monoisotopic (exact) mass is 249 g/mol. The molecule has 3 nitrogen and oxygen atoms in total. The minimum atomic E-state index is 0.719. The van der Waals surface area contributed by atoms with Crippen LogP contribution in [-0.2, 0) is 6.42 Å². The van der Waals surface area contributed by atoms with Crippen LogP contribution in [0.5, 0.6) is 0 Å². The standard InChI is InChI=1S/C15H27N3/c1-14-5-7-15(8-6-14)4-2-3-10-17-12-13-18-11-9-16/h5-8,17-18H,2-4,9-13,16H2,1H3. The van der Waals surface area contributed by atoms with Crippen molar-refractivity contribution in [3.63, 3.8) is 0 Å². The average Bonchev–Trinajstić information content (AvgIpc) is 2.39. The van der Waals surface area contributed by atoms with Crippen molar-refractivity contribution in [3.05, 3.63) is 35.4 Å². The lowest BCUT2D eigenvalue weighted by molar-refractivity contribution is 0.587. The lowest BCUT2D eigenvalue weighted by atomic mass is 10.1. The van der Waals surface area contributed by atoms with Crippen LogP contribution in [0, 0.1) is 6.92 Å². The van der Waals surface area contributed by atoms with Crippen LogP contribution in [0.15, 0.2) is 24.3 Å². The molecule has 0 aliphatic carbocycles. The van der Waals surface area contributed by atoms with Crippen LogP contribution in [0.3, 0.4) is 0 Å². The second kappa shape index (κ2) is 10.1. The zero-order valence-electron chi connectivity index (χ0n) is 11.5. The molecule has 0 atom stereocenters. The molecular formula is C15H27N3. The number of aryl methyl sites for hydroxylation is 2. The van der Waals surface area contributed by atoms with Crippen molar-refractivity contribution in [2.24, 2.45) is 5.73 Å². The zero-order valence-corrected chi connectivity index (χ0v) is 11.5. The van der Waals surface area contributed by atoms with E-state index in [1.165, 1.54) is 30.4 Å². The van der Waals surface area contributed by atoms with Crippen molar-refractivity contribution < 1.29 is 0 Å². The number of nitrogens with two attached hydrogens (primary N) is 1. The lowest BCUT2D eigenvalue weighted by Crippen LogP contribution is -2.31. The second-order valence-electron chi connectivity index (χ2n) is 4.73. The van der Waals surface area contributed by atoms with Crippen LogP contribution in [0.1, 0.15) is 24.0 Å². The normalized spacial score (nSPS) is 10.8. The molecule has 18 heavy (non-hydrogen) atoms. The molecule has 1 aromatic carbocycles. The topological polar surface area (TPSA) is 50.1 Å². The summed E-state index contributed by atoms with van der Waals surface area (Å²) in [6.45, 7) is 6.91. The molecule has 0 saturated heterocycles. The molecule has 102 valence electrons. The summed E-state index contributed by atoms with van der Waals surface area (Å²) in [6, 6.07) is 8.85. The highest BCUT2D eigenvalue weighted by Crippen LogP contribution is 2.06. The first-order chi connectivity index (χ1) is 8.83. The quantitative estimate of drug-likeness (QED) is 0.550. The van der Waals surface area contributed by atoms with Crippen molar-refractivity contribution in [2.45, 2.75) is 26.2 Å². The van der Waals surface area contributed by atoms with E-state index in [1.54, 1.807) is 0 Å². The maximum atomic E-state index is 5.39. The van der Waals surface area contributed by atoms with Gasteiger partial charge in [-0.15, -0.1) is 0 Å². The van der Waals surface area contributed by atoms with Gasteiger partial charge in [0.25, 0.3) is 0 Å². The first kappa shape index (κ1) is 15.2. The van der Waals surface area contributed by atoms with Crippen LogP contribution < -0.4 is 16.4 Å². The van der Waals surface area contributed by atoms with Gasteiger partial charge in [-0.2, -0.15) is 0 Å². The third kappa shape index (κ3) is 7.43. The fraction of sp³-hybridized carbons (Fsp3) is 0.600. The Morgan fingerprint density at radius 1 is 0.889 bits per heavy atom. The van der Waals surface area contributed by atoms with Gasteiger partial charge < -0.3 is 16.4 Å². The fourth-order valence-corrected chi connectivity index (χ4v) is 1.86. The minimum absolute atomic E-state index is 0.719. The summed E-state index contributed by atoms with van der Waals surface area (Å²) in [6.07, 6.45) is 3.68. The molecule has 4 N–H and O–H groups in total. The number of unbranched alkanes of at least 4 members (excludes halogenated alkanes) is 1. The van der Waals surface area contributed by atoms with E-state index in [2.05, 4.69) is 41.8 Å². The molecule has 1 rings (SSSR count). The van der Waals surface area contributed by atoms with Crippen LogP contribution in [-0.4, -0.2) is 32.7 Å². The number of nitrogens with one attached hydrogen (secondary N) is 2. The summed E-state index contributed by atoms with van der Waals surface area (Å²) in [7, 11) is 0. The number of hydrogen-bond acceptors (Lipinski definition) is 3. The molecular weight excluding hydrogens is 222 g/mol. The third-order valence-electron chi connectivity index (χ3n) is 2.99. The average molecular weight is 249 g/mol. The van der Waals surface area contributed by atoms with Gasteiger partial charge in [0.05, 0.1) is 0 Å². The number of benzene rings is 1. The predicted octanol–water partition coefficient (Wildman–Crippen LogP) is 1.46. The Balaban J connectivity index is 1.91.